The third-order valence-electron chi connectivity index (χ3n) is 8.04. The highest BCUT2D eigenvalue weighted by Gasteiger charge is 2.67. The highest BCUT2D eigenvalue weighted by molar-refractivity contribution is 5.94. The summed E-state index contributed by atoms with van der Waals surface area (Å²) in [4.78, 5) is 26.7. The molecule has 2 aliphatic heterocycles. The van der Waals surface area contributed by atoms with E-state index in [9.17, 15) is 19.8 Å². The molecule has 0 radical (unpaired) electrons. The van der Waals surface area contributed by atoms with Crippen molar-refractivity contribution in [2.45, 2.75) is 69.8 Å². The predicted molar refractivity (Wildman–Crippen MR) is 134 cm³/mol. The van der Waals surface area contributed by atoms with Crippen LogP contribution in [0.4, 0.5) is 0 Å². The Labute approximate surface area is 207 Å². The average molecular weight is 480 g/mol. The number of nitrogens with one attached hydrogen (secondary N) is 1. The maximum absolute atomic E-state index is 13.7. The first-order chi connectivity index (χ1) is 16.7. The number of carbonyl (C=O) groups is 2. The van der Waals surface area contributed by atoms with E-state index in [0.29, 0.717) is 30.8 Å². The summed E-state index contributed by atoms with van der Waals surface area (Å²) in [5, 5.41) is 24.7. The second-order valence-corrected chi connectivity index (χ2v) is 10.5. The van der Waals surface area contributed by atoms with Crippen molar-refractivity contribution in [3.05, 3.63) is 72.4 Å². The lowest BCUT2D eigenvalue weighted by Gasteiger charge is -2.49. The quantitative estimate of drug-likeness (QED) is 0.446. The zero-order valence-electron chi connectivity index (χ0n) is 20.6. The first kappa shape index (κ1) is 25.4. The van der Waals surface area contributed by atoms with Crippen LogP contribution in [0.15, 0.2) is 66.8 Å². The molecule has 1 aromatic rings. The van der Waals surface area contributed by atoms with Gasteiger partial charge in [-0.2, -0.15) is 0 Å². The Bertz CT molecular complexity index is 1000. The van der Waals surface area contributed by atoms with Gasteiger partial charge in [0.2, 0.25) is 5.60 Å². The Morgan fingerprint density at radius 2 is 1.83 bits per heavy atom. The summed E-state index contributed by atoms with van der Waals surface area (Å²) < 4.78 is 6.07. The second kappa shape index (κ2) is 10.5. The van der Waals surface area contributed by atoms with Gasteiger partial charge in [0.05, 0.1) is 18.1 Å². The molecule has 0 bridgehead atoms. The van der Waals surface area contributed by atoms with Crippen LogP contribution < -0.4 is 5.32 Å². The molecule has 6 heteroatoms. The molecule has 1 amide bonds. The molecule has 3 aliphatic rings. The molecule has 1 saturated heterocycles. The number of allylic oxidation sites excluding steroid dienone is 1. The van der Waals surface area contributed by atoms with Crippen molar-refractivity contribution in [2.75, 3.05) is 0 Å². The predicted octanol–water partition coefficient (Wildman–Crippen LogP) is 3.49. The number of aliphatic hydroxyl groups excluding tert-OH is 2. The van der Waals surface area contributed by atoms with Gasteiger partial charge in [-0.05, 0) is 55.1 Å². The van der Waals surface area contributed by atoms with Crippen molar-refractivity contribution in [3.63, 3.8) is 0 Å². The van der Waals surface area contributed by atoms with E-state index in [-0.39, 0.29) is 17.9 Å². The molecule has 0 unspecified atom stereocenters. The number of aliphatic hydroxyl groups is 2. The summed E-state index contributed by atoms with van der Waals surface area (Å²) in [7, 11) is 0. The molecule has 35 heavy (non-hydrogen) atoms. The summed E-state index contributed by atoms with van der Waals surface area (Å²) in [5.74, 6) is -2.08. The van der Waals surface area contributed by atoms with Gasteiger partial charge >= 0.3 is 5.97 Å². The lowest BCUT2D eigenvalue weighted by molar-refractivity contribution is -0.182. The van der Waals surface area contributed by atoms with Crippen LogP contribution in [-0.4, -0.2) is 45.9 Å². The standard InChI is InChI=1S/C29H37NO5/c1-18-9-7-13-23-27(33)20(3)19(2)26-24(17-21-10-5-4-6-11-21)30-28(34)29(23,26)35-25(32)14-8-12-22(31)16-15-18/h4-8,10-11,13-14,18-19,22-24,26-27,31,33H,3,9,12,15-17H2,1-2H3,(H,30,34)/b13-7+,14-8+/t18-,19+,22-,23-,24-,26-,27+,29+/m0/s1. The molecule has 1 aromatic carbocycles. The molecule has 2 heterocycles. The van der Waals surface area contributed by atoms with Crippen LogP contribution in [0.1, 0.15) is 45.1 Å². The van der Waals surface area contributed by atoms with Gasteiger partial charge in [0.25, 0.3) is 5.91 Å². The fraction of sp³-hybridized carbons (Fsp3) is 0.517. The van der Waals surface area contributed by atoms with E-state index in [1.807, 2.05) is 49.4 Å². The van der Waals surface area contributed by atoms with Gasteiger partial charge in [0.1, 0.15) is 0 Å². The number of hydrogen-bond acceptors (Lipinski definition) is 5. The van der Waals surface area contributed by atoms with E-state index < -0.39 is 35.6 Å². The molecule has 2 fully saturated rings. The van der Waals surface area contributed by atoms with Gasteiger partial charge in [-0.15, -0.1) is 0 Å². The largest absolute Gasteiger partial charge is 0.445 e. The van der Waals surface area contributed by atoms with E-state index in [2.05, 4.69) is 18.8 Å². The van der Waals surface area contributed by atoms with Crippen LogP contribution in [0.2, 0.25) is 0 Å². The zero-order valence-corrected chi connectivity index (χ0v) is 20.6. The fourth-order valence-electron chi connectivity index (χ4n) is 6.05. The number of ether oxygens (including phenoxy) is 1. The topological polar surface area (TPSA) is 95.9 Å². The number of hydrogen-bond donors (Lipinski definition) is 3. The fourth-order valence-corrected chi connectivity index (χ4v) is 6.05. The van der Waals surface area contributed by atoms with E-state index in [1.54, 1.807) is 6.08 Å². The van der Waals surface area contributed by atoms with Crippen LogP contribution >= 0.6 is 0 Å². The minimum atomic E-state index is -1.55. The number of rotatable bonds is 2. The molecule has 188 valence electrons. The van der Waals surface area contributed by atoms with Crippen molar-refractivity contribution in [1.82, 2.24) is 5.32 Å². The molecule has 3 N–H and O–H groups in total. The Hall–Kier alpha value is -2.70. The monoisotopic (exact) mass is 479 g/mol. The number of esters is 1. The minimum Gasteiger partial charge on any atom is -0.445 e. The maximum Gasteiger partial charge on any atom is 0.331 e. The van der Waals surface area contributed by atoms with Crippen molar-refractivity contribution in [3.8, 4) is 0 Å². The van der Waals surface area contributed by atoms with Gasteiger partial charge in [-0.3, -0.25) is 4.79 Å². The Morgan fingerprint density at radius 1 is 1.09 bits per heavy atom. The van der Waals surface area contributed by atoms with Gasteiger partial charge in [-0.1, -0.05) is 69.0 Å². The number of carbonyl (C=O) groups excluding carboxylic acids is 2. The molecule has 1 aliphatic carbocycles. The number of amides is 1. The third kappa shape index (κ3) is 5.00. The highest BCUT2D eigenvalue weighted by Crippen LogP contribution is 2.52. The molecule has 0 aromatic heterocycles. The Morgan fingerprint density at radius 3 is 2.57 bits per heavy atom. The number of benzene rings is 1. The van der Waals surface area contributed by atoms with E-state index in [1.165, 1.54) is 6.08 Å². The average Bonchev–Trinajstić information content (AvgIpc) is 3.09. The normalized spacial score (nSPS) is 40.0. The molecular weight excluding hydrogens is 442 g/mol. The minimum absolute atomic E-state index is 0.251. The summed E-state index contributed by atoms with van der Waals surface area (Å²) in [5.41, 5.74) is 0.170. The van der Waals surface area contributed by atoms with Gasteiger partial charge in [0.15, 0.2) is 0 Å². The molecule has 8 atom stereocenters. The molecule has 6 nitrogen and oxygen atoms in total. The molecular formula is C29H37NO5. The maximum atomic E-state index is 13.7. The lowest BCUT2D eigenvalue weighted by atomic mass is 9.59. The smallest absolute Gasteiger partial charge is 0.331 e. The second-order valence-electron chi connectivity index (χ2n) is 10.5. The van der Waals surface area contributed by atoms with Gasteiger partial charge in [0, 0.05) is 18.0 Å². The van der Waals surface area contributed by atoms with E-state index >= 15 is 0 Å². The van der Waals surface area contributed by atoms with Crippen LogP contribution in [0.3, 0.4) is 0 Å². The van der Waals surface area contributed by atoms with Gasteiger partial charge in [-0.25, -0.2) is 4.79 Å². The van der Waals surface area contributed by atoms with Crippen molar-refractivity contribution in [2.24, 2.45) is 23.7 Å². The van der Waals surface area contributed by atoms with Crippen LogP contribution in [-0.2, 0) is 20.7 Å². The van der Waals surface area contributed by atoms with Gasteiger partial charge < -0.3 is 20.3 Å². The van der Waals surface area contributed by atoms with E-state index in [4.69, 9.17) is 4.74 Å². The summed E-state index contributed by atoms with van der Waals surface area (Å²) in [6.45, 7) is 8.25. The van der Waals surface area contributed by atoms with Crippen LogP contribution in [0.5, 0.6) is 0 Å². The third-order valence-corrected chi connectivity index (χ3v) is 8.04. The van der Waals surface area contributed by atoms with Crippen molar-refractivity contribution in [1.29, 1.82) is 0 Å². The van der Waals surface area contributed by atoms with Crippen molar-refractivity contribution >= 4 is 11.9 Å². The molecule has 1 spiro atoms. The first-order valence-electron chi connectivity index (χ1n) is 12.7. The highest BCUT2D eigenvalue weighted by atomic mass is 16.6. The van der Waals surface area contributed by atoms with Crippen molar-refractivity contribution < 1.29 is 24.5 Å². The van der Waals surface area contributed by atoms with Crippen LogP contribution in [0, 0.1) is 23.7 Å². The lowest BCUT2D eigenvalue weighted by Crippen LogP contribution is -2.61. The Kier molecular flexibility index (Phi) is 7.62. The summed E-state index contributed by atoms with van der Waals surface area (Å²) in [6.07, 6.45) is 8.32. The molecule has 1 saturated carbocycles. The van der Waals surface area contributed by atoms with Crippen LogP contribution in [0.25, 0.3) is 0 Å². The summed E-state index contributed by atoms with van der Waals surface area (Å²) >= 11 is 0. The molecule has 4 rings (SSSR count). The van der Waals surface area contributed by atoms with E-state index in [0.717, 1.165) is 18.4 Å². The Balaban J connectivity index is 1.77. The summed E-state index contributed by atoms with van der Waals surface area (Å²) in [6, 6.07) is 9.62. The SMILES string of the molecule is C=C1[C@@H](C)[C@H]2[C@H](Cc3ccccc3)NC(=O)[C@]23OC(=O)/C=C/C[C@H](O)CC[C@@H](C)C/C=C/[C@H]3[C@@H]1O. The first-order valence-corrected chi connectivity index (χ1v) is 12.7. The zero-order chi connectivity index (χ0) is 25.2.